The Bertz CT molecular complexity index is 488. The molecule has 4 nitrogen and oxygen atoms in total. The average molecular weight is 280 g/mol. The molecule has 1 rings (SSSR count). The summed E-state index contributed by atoms with van der Waals surface area (Å²) in [5.41, 5.74) is 3.51. The van der Waals surface area contributed by atoms with Gasteiger partial charge in [0.1, 0.15) is 5.84 Å². The van der Waals surface area contributed by atoms with Crippen LogP contribution >= 0.6 is 11.6 Å². The molecule has 98 valence electrons. The second-order valence-electron chi connectivity index (χ2n) is 3.44. The molecule has 0 heterocycles. The summed E-state index contributed by atoms with van der Waals surface area (Å²) in [6, 6.07) is 2.98. The smallest absolute Gasteiger partial charge is 0.387 e. The molecule has 0 aliphatic heterocycles. The monoisotopic (exact) mass is 279 g/mol. The fourth-order valence-corrected chi connectivity index (χ4v) is 1.40. The van der Waals surface area contributed by atoms with E-state index in [1.54, 1.807) is 0 Å². The first-order chi connectivity index (χ1) is 8.20. The number of amides is 1. The molecule has 0 aliphatic carbocycles. The minimum Gasteiger partial charge on any atom is -0.387 e. The van der Waals surface area contributed by atoms with Gasteiger partial charge in [0.2, 0.25) is 5.91 Å². The van der Waals surface area contributed by atoms with Gasteiger partial charge in [0.15, 0.2) is 0 Å². The van der Waals surface area contributed by atoms with Crippen LogP contribution in [-0.4, -0.2) is 11.7 Å². The SMILES string of the molecule is N=C(N)CC(=O)Nc1ccc(Cl)cc1C(F)(F)F. The van der Waals surface area contributed by atoms with Crippen LogP contribution in [0.1, 0.15) is 12.0 Å². The van der Waals surface area contributed by atoms with Crippen LogP contribution in [-0.2, 0) is 11.0 Å². The van der Waals surface area contributed by atoms with Gasteiger partial charge in [-0.3, -0.25) is 10.2 Å². The Morgan fingerprint density at radius 1 is 1.44 bits per heavy atom. The number of rotatable bonds is 3. The first-order valence-electron chi connectivity index (χ1n) is 4.69. The first-order valence-corrected chi connectivity index (χ1v) is 5.07. The van der Waals surface area contributed by atoms with E-state index in [0.717, 1.165) is 6.07 Å². The van der Waals surface area contributed by atoms with Crippen molar-refractivity contribution >= 4 is 29.0 Å². The summed E-state index contributed by atoms with van der Waals surface area (Å²) in [5, 5.41) is 8.82. The van der Waals surface area contributed by atoms with Crippen molar-refractivity contribution in [2.45, 2.75) is 12.6 Å². The van der Waals surface area contributed by atoms with E-state index in [4.69, 9.17) is 22.7 Å². The second kappa shape index (κ2) is 5.26. The highest BCUT2D eigenvalue weighted by Crippen LogP contribution is 2.36. The van der Waals surface area contributed by atoms with Crippen molar-refractivity contribution in [3.05, 3.63) is 28.8 Å². The molecule has 0 spiro atoms. The van der Waals surface area contributed by atoms with Gasteiger partial charge in [0.05, 0.1) is 17.7 Å². The predicted molar refractivity (Wildman–Crippen MR) is 61.6 cm³/mol. The van der Waals surface area contributed by atoms with Crippen molar-refractivity contribution < 1.29 is 18.0 Å². The number of carbonyl (C=O) groups excluding carboxylic acids is 1. The molecule has 0 unspecified atom stereocenters. The standard InChI is InChI=1S/C10H9ClF3N3O/c11-5-1-2-7(6(3-5)10(12,13)14)17-9(18)4-8(15)16/h1-3H,4H2,(H3,15,16)(H,17,18). The summed E-state index contributed by atoms with van der Waals surface area (Å²) in [6.45, 7) is 0. The molecule has 0 saturated heterocycles. The van der Waals surface area contributed by atoms with E-state index in [2.05, 4.69) is 0 Å². The topological polar surface area (TPSA) is 79.0 Å². The third kappa shape index (κ3) is 3.92. The zero-order valence-electron chi connectivity index (χ0n) is 8.94. The lowest BCUT2D eigenvalue weighted by atomic mass is 10.1. The highest BCUT2D eigenvalue weighted by molar-refractivity contribution is 6.30. The second-order valence-corrected chi connectivity index (χ2v) is 3.87. The molecule has 0 aromatic heterocycles. The lowest BCUT2D eigenvalue weighted by Crippen LogP contribution is -2.22. The fraction of sp³-hybridized carbons (Fsp3) is 0.200. The Balaban J connectivity index is 3.02. The van der Waals surface area contributed by atoms with Crippen molar-refractivity contribution in [3.63, 3.8) is 0 Å². The van der Waals surface area contributed by atoms with Crippen molar-refractivity contribution in [2.24, 2.45) is 5.73 Å². The van der Waals surface area contributed by atoms with Gasteiger partial charge < -0.3 is 11.1 Å². The number of nitrogens with two attached hydrogens (primary N) is 1. The number of alkyl halides is 3. The van der Waals surface area contributed by atoms with Crippen LogP contribution in [0.5, 0.6) is 0 Å². The summed E-state index contributed by atoms with van der Waals surface area (Å²) in [6.07, 6.45) is -5.11. The molecular weight excluding hydrogens is 271 g/mol. The highest BCUT2D eigenvalue weighted by atomic mass is 35.5. The van der Waals surface area contributed by atoms with Crippen molar-refractivity contribution in [2.75, 3.05) is 5.32 Å². The molecule has 0 fully saturated rings. The number of benzene rings is 1. The number of amidine groups is 1. The number of anilines is 1. The fourth-order valence-electron chi connectivity index (χ4n) is 1.23. The Morgan fingerprint density at radius 3 is 2.56 bits per heavy atom. The zero-order chi connectivity index (χ0) is 13.9. The molecule has 1 aromatic rings. The number of halogens is 4. The Hall–Kier alpha value is -1.76. The van der Waals surface area contributed by atoms with Gasteiger partial charge in [0, 0.05) is 5.02 Å². The van der Waals surface area contributed by atoms with E-state index in [1.807, 2.05) is 5.32 Å². The lowest BCUT2D eigenvalue weighted by Gasteiger charge is -2.13. The number of hydrogen-bond donors (Lipinski definition) is 3. The summed E-state index contributed by atoms with van der Waals surface area (Å²) in [5.74, 6) is -1.23. The van der Waals surface area contributed by atoms with Crippen LogP contribution in [0.15, 0.2) is 18.2 Å². The summed E-state index contributed by atoms with van der Waals surface area (Å²) < 4.78 is 38.0. The van der Waals surface area contributed by atoms with Gasteiger partial charge in [-0.1, -0.05) is 11.6 Å². The quantitative estimate of drug-likeness (QED) is 0.587. The predicted octanol–water partition coefficient (Wildman–Crippen LogP) is 2.62. The molecule has 0 saturated carbocycles. The average Bonchev–Trinajstić information content (AvgIpc) is 2.17. The largest absolute Gasteiger partial charge is 0.418 e. The van der Waals surface area contributed by atoms with Crippen LogP contribution in [0.4, 0.5) is 18.9 Å². The molecule has 0 aliphatic rings. The van der Waals surface area contributed by atoms with Crippen LogP contribution in [0.3, 0.4) is 0 Å². The van der Waals surface area contributed by atoms with Crippen molar-refractivity contribution in [1.82, 2.24) is 0 Å². The molecule has 18 heavy (non-hydrogen) atoms. The van der Waals surface area contributed by atoms with E-state index < -0.39 is 35.6 Å². The lowest BCUT2D eigenvalue weighted by molar-refractivity contribution is -0.137. The van der Waals surface area contributed by atoms with Gasteiger partial charge in [-0.2, -0.15) is 13.2 Å². The molecule has 1 amide bonds. The third-order valence-electron chi connectivity index (χ3n) is 1.91. The van der Waals surface area contributed by atoms with Gasteiger partial charge >= 0.3 is 6.18 Å². The minimum atomic E-state index is -4.64. The normalized spacial score (nSPS) is 11.1. The van der Waals surface area contributed by atoms with Crippen molar-refractivity contribution in [3.8, 4) is 0 Å². The van der Waals surface area contributed by atoms with E-state index >= 15 is 0 Å². The van der Waals surface area contributed by atoms with Crippen molar-refractivity contribution in [1.29, 1.82) is 5.41 Å². The molecule has 0 radical (unpaired) electrons. The Morgan fingerprint density at radius 2 is 2.06 bits per heavy atom. The Labute approximate surface area is 105 Å². The maximum atomic E-state index is 12.7. The molecule has 8 heteroatoms. The number of hydrogen-bond acceptors (Lipinski definition) is 2. The minimum absolute atomic E-state index is 0.0908. The number of carbonyl (C=O) groups is 1. The van der Waals surface area contributed by atoms with Gasteiger partial charge in [-0.15, -0.1) is 0 Å². The summed E-state index contributed by atoms with van der Waals surface area (Å²) in [4.78, 5) is 11.3. The summed E-state index contributed by atoms with van der Waals surface area (Å²) >= 11 is 5.48. The maximum absolute atomic E-state index is 12.7. The molecule has 1 aromatic carbocycles. The molecule has 0 bridgehead atoms. The van der Waals surface area contributed by atoms with Crippen LogP contribution in [0, 0.1) is 5.41 Å². The van der Waals surface area contributed by atoms with E-state index in [0.29, 0.717) is 6.07 Å². The Kier molecular flexibility index (Phi) is 4.18. The zero-order valence-corrected chi connectivity index (χ0v) is 9.69. The maximum Gasteiger partial charge on any atom is 0.418 e. The van der Waals surface area contributed by atoms with Crippen LogP contribution in [0.25, 0.3) is 0 Å². The van der Waals surface area contributed by atoms with Crippen LogP contribution < -0.4 is 11.1 Å². The van der Waals surface area contributed by atoms with Gasteiger partial charge in [-0.05, 0) is 18.2 Å². The molecule has 0 atom stereocenters. The van der Waals surface area contributed by atoms with E-state index in [-0.39, 0.29) is 5.02 Å². The van der Waals surface area contributed by atoms with E-state index in [9.17, 15) is 18.0 Å². The highest BCUT2D eigenvalue weighted by Gasteiger charge is 2.34. The van der Waals surface area contributed by atoms with E-state index in [1.165, 1.54) is 6.07 Å². The van der Waals surface area contributed by atoms with Gasteiger partial charge in [-0.25, -0.2) is 0 Å². The van der Waals surface area contributed by atoms with Crippen LogP contribution in [0.2, 0.25) is 5.02 Å². The van der Waals surface area contributed by atoms with Gasteiger partial charge in [0.25, 0.3) is 0 Å². The molecular formula is C10H9ClF3N3O. The number of nitrogens with one attached hydrogen (secondary N) is 2. The third-order valence-corrected chi connectivity index (χ3v) is 2.15. The molecule has 4 N–H and O–H groups in total. The first kappa shape index (κ1) is 14.3. The summed E-state index contributed by atoms with van der Waals surface area (Å²) in [7, 11) is 0.